The largest absolute Gasteiger partial charge is 0.497 e. The molecule has 1 aromatic rings. The summed E-state index contributed by atoms with van der Waals surface area (Å²) in [5.74, 6) is 5.29. The van der Waals surface area contributed by atoms with Crippen LogP contribution in [0, 0.1) is 29.6 Å². The van der Waals surface area contributed by atoms with Crippen LogP contribution < -0.4 is 4.74 Å². The number of oxime groups is 1. The molecule has 3 nitrogen and oxygen atoms in total. The molecule has 0 heterocycles. The standard InChI is InChI=1S/C19H25NO2/c1-22-17-4-2-14(3-5-17)19(20-21)11-18-15-7-12-6-13(9-15)10-16(18)8-12/h2-5,12-13,15-16,18,21H,6-11H2,1H3. The number of ether oxygens (including phenoxy) is 1. The van der Waals surface area contributed by atoms with Crippen molar-refractivity contribution in [1.29, 1.82) is 0 Å². The average Bonchev–Trinajstić information content (AvgIpc) is 2.54. The lowest BCUT2D eigenvalue weighted by molar-refractivity contribution is -0.0332. The Labute approximate surface area is 132 Å². The van der Waals surface area contributed by atoms with Gasteiger partial charge in [-0.1, -0.05) is 5.16 Å². The maximum atomic E-state index is 9.52. The van der Waals surface area contributed by atoms with E-state index in [2.05, 4.69) is 5.16 Å². The van der Waals surface area contributed by atoms with Crippen LogP contribution in [0.25, 0.3) is 0 Å². The summed E-state index contributed by atoms with van der Waals surface area (Å²) >= 11 is 0. The van der Waals surface area contributed by atoms with Crippen LogP contribution in [0.5, 0.6) is 5.75 Å². The zero-order valence-corrected chi connectivity index (χ0v) is 13.2. The van der Waals surface area contributed by atoms with Gasteiger partial charge in [-0.15, -0.1) is 0 Å². The van der Waals surface area contributed by atoms with Gasteiger partial charge in [-0.2, -0.15) is 0 Å². The predicted octanol–water partition coefficient (Wildman–Crippen LogP) is 4.34. The van der Waals surface area contributed by atoms with Crippen LogP contribution in [-0.4, -0.2) is 18.0 Å². The fraction of sp³-hybridized carbons (Fsp3) is 0.632. The van der Waals surface area contributed by atoms with Crippen molar-refractivity contribution in [2.45, 2.75) is 38.5 Å². The molecule has 0 saturated heterocycles. The molecule has 1 aromatic carbocycles. The summed E-state index contributed by atoms with van der Waals surface area (Å²) in [6, 6.07) is 7.89. The summed E-state index contributed by atoms with van der Waals surface area (Å²) < 4.78 is 5.21. The van der Waals surface area contributed by atoms with E-state index in [0.717, 1.165) is 53.0 Å². The molecule has 0 spiro atoms. The maximum absolute atomic E-state index is 9.52. The number of benzene rings is 1. The average molecular weight is 299 g/mol. The van der Waals surface area contributed by atoms with Crippen LogP contribution >= 0.6 is 0 Å². The molecule has 0 radical (unpaired) electrons. The van der Waals surface area contributed by atoms with Crippen LogP contribution in [-0.2, 0) is 0 Å². The highest BCUT2D eigenvalue weighted by molar-refractivity contribution is 6.00. The minimum absolute atomic E-state index is 0.723. The maximum Gasteiger partial charge on any atom is 0.118 e. The lowest BCUT2D eigenvalue weighted by Crippen LogP contribution is -2.45. The Morgan fingerprint density at radius 1 is 1.05 bits per heavy atom. The number of rotatable bonds is 4. The molecule has 22 heavy (non-hydrogen) atoms. The topological polar surface area (TPSA) is 41.8 Å². The Kier molecular flexibility index (Phi) is 3.59. The van der Waals surface area contributed by atoms with Crippen molar-refractivity contribution >= 4 is 5.71 Å². The zero-order valence-electron chi connectivity index (χ0n) is 13.2. The van der Waals surface area contributed by atoms with Gasteiger partial charge in [0.2, 0.25) is 0 Å². The molecule has 1 N–H and O–H groups in total. The third-order valence-corrected chi connectivity index (χ3v) is 6.39. The summed E-state index contributed by atoms with van der Waals surface area (Å²) in [6.45, 7) is 0. The molecule has 4 aliphatic rings. The Morgan fingerprint density at radius 2 is 1.64 bits per heavy atom. The van der Waals surface area contributed by atoms with Gasteiger partial charge in [-0.05, 0) is 97.9 Å². The van der Waals surface area contributed by atoms with Crippen LogP contribution in [0.1, 0.15) is 44.1 Å². The van der Waals surface area contributed by atoms with Gasteiger partial charge in [0.1, 0.15) is 5.75 Å². The molecule has 4 saturated carbocycles. The first kappa shape index (κ1) is 14.1. The van der Waals surface area contributed by atoms with Crippen molar-refractivity contribution in [2.24, 2.45) is 34.7 Å². The first-order chi connectivity index (χ1) is 10.8. The summed E-state index contributed by atoms with van der Waals surface area (Å²) in [6.07, 6.45) is 8.08. The minimum Gasteiger partial charge on any atom is -0.497 e. The highest BCUT2D eigenvalue weighted by Gasteiger charge is 2.48. The second kappa shape index (κ2) is 5.60. The Hall–Kier alpha value is -1.51. The summed E-state index contributed by atoms with van der Waals surface area (Å²) in [7, 11) is 1.67. The van der Waals surface area contributed by atoms with Crippen molar-refractivity contribution in [2.75, 3.05) is 7.11 Å². The first-order valence-electron chi connectivity index (χ1n) is 8.62. The first-order valence-corrected chi connectivity index (χ1v) is 8.62. The van der Waals surface area contributed by atoms with Gasteiger partial charge in [-0.3, -0.25) is 0 Å². The smallest absolute Gasteiger partial charge is 0.118 e. The SMILES string of the molecule is COc1ccc(C(CC2C3CC4CC(C3)CC2C4)=NO)cc1. The van der Waals surface area contributed by atoms with E-state index in [1.165, 1.54) is 32.1 Å². The lowest BCUT2D eigenvalue weighted by Gasteiger charge is -2.54. The Morgan fingerprint density at radius 3 is 2.14 bits per heavy atom. The van der Waals surface area contributed by atoms with Crippen molar-refractivity contribution < 1.29 is 9.94 Å². The molecule has 4 bridgehead atoms. The fourth-order valence-electron chi connectivity index (χ4n) is 5.59. The lowest BCUT2D eigenvalue weighted by atomic mass is 9.51. The van der Waals surface area contributed by atoms with Crippen LogP contribution in [0.2, 0.25) is 0 Å². The third kappa shape index (κ3) is 2.41. The number of hydrogen-bond acceptors (Lipinski definition) is 3. The fourth-order valence-corrected chi connectivity index (χ4v) is 5.59. The van der Waals surface area contributed by atoms with E-state index in [4.69, 9.17) is 4.74 Å². The number of methoxy groups -OCH3 is 1. The van der Waals surface area contributed by atoms with Gasteiger partial charge in [0.15, 0.2) is 0 Å². The van der Waals surface area contributed by atoms with Crippen molar-refractivity contribution in [3.63, 3.8) is 0 Å². The monoisotopic (exact) mass is 299 g/mol. The molecule has 0 aliphatic heterocycles. The van der Waals surface area contributed by atoms with Crippen LogP contribution in [0.3, 0.4) is 0 Å². The quantitative estimate of drug-likeness (QED) is 0.510. The van der Waals surface area contributed by atoms with Crippen molar-refractivity contribution in [3.05, 3.63) is 29.8 Å². The van der Waals surface area contributed by atoms with E-state index in [0.29, 0.717) is 0 Å². The molecular weight excluding hydrogens is 274 g/mol. The van der Waals surface area contributed by atoms with E-state index < -0.39 is 0 Å². The predicted molar refractivity (Wildman–Crippen MR) is 86.5 cm³/mol. The van der Waals surface area contributed by atoms with E-state index in [1.807, 2.05) is 24.3 Å². The molecule has 0 amide bonds. The summed E-state index contributed by atoms with van der Waals surface area (Å²) in [4.78, 5) is 0. The summed E-state index contributed by atoms with van der Waals surface area (Å²) in [5.41, 5.74) is 1.87. The molecule has 4 fully saturated rings. The minimum atomic E-state index is 0.723. The van der Waals surface area contributed by atoms with Gasteiger partial charge in [0, 0.05) is 0 Å². The highest BCUT2D eigenvalue weighted by atomic mass is 16.5. The molecule has 0 unspecified atom stereocenters. The van der Waals surface area contributed by atoms with Crippen molar-refractivity contribution in [1.82, 2.24) is 0 Å². The molecule has 3 heteroatoms. The van der Waals surface area contributed by atoms with Crippen molar-refractivity contribution in [3.8, 4) is 5.75 Å². The van der Waals surface area contributed by atoms with E-state index >= 15 is 0 Å². The summed E-state index contributed by atoms with van der Waals surface area (Å²) in [5, 5.41) is 13.2. The van der Waals surface area contributed by atoms with Gasteiger partial charge in [-0.25, -0.2) is 0 Å². The molecule has 0 aromatic heterocycles. The molecule has 118 valence electrons. The van der Waals surface area contributed by atoms with E-state index in [-0.39, 0.29) is 0 Å². The molecular formula is C19H25NO2. The normalized spacial score (nSPS) is 36.6. The van der Waals surface area contributed by atoms with Gasteiger partial charge in [0.25, 0.3) is 0 Å². The van der Waals surface area contributed by atoms with E-state index in [1.54, 1.807) is 7.11 Å². The highest BCUT2D eigenvalue weighted by Crippen LogP contribution is 2.57. The second-order valence-corrected chi connectivity index (χ2v) is 7.57. The molecule has 5 rings (SSSR count). The van der Waals surface area contributed by atoms with Gasteiger partial charge >= 0.3 is 0 Å². The molecule has 4 aliphatic carbocycles. The van der Waals surface area contributed by atoms with Crippen LogP contribution in [0.15, 0.2) is 29.4 Å². The molecule has 0 atom stereocenters. The Balaban J connectivity index is 1.51. The van der Waals surface area contributed by atoms with Gasteiger partial charge in [0.05, 0.1) is 12.8 Å². The number of hydrogen-bond donors (Lipinski definition) is 1. The van der Waals surface area contributed by atoms with Crippen LogP contribution in [0.4, 0.5) is 0 Å². The van der Waals surface area contributed by atoms with Gasteiger partial charge < -0.3 is 9.94 Å². The Bertz CT molecular complexity index is 535. The zero-order chi connectivity index (χ0) is 15.1. The van der Waals surface area contributed by atoms with E-state index in [9.17, 15) is 5.21 Å². The second-order valence-electron chi connectivity index (χ2n) is 7.57. The number of nitrogens with zero attached hydrogens (tertiary/aromatic N) is 1. The third-order valence-electron chi connectivity index (χ3n) is 6.39.